The van der Waals surface area contributed by atoms with Crippen molar-refractivity contribution in [3.8, 4) is 0 Å². The van der Waals surface area contributed by atoms with Gasteiger partial charge in [0.15, 0.2) is 0 Å². The van der Waals surface area contributed by atoms with Crippen molar-refractivity contribution in [3.05, 3.63) is 106 Å². The highest BCUT2D eigenvalue weighted by Gasteiger charge is 2.24. The van der Waals surface area contributed by atoms with E-state index in [2.05, 4.69) is 10.5 Å². The molecule has 1 N–H and O–H groups in total. The van der Waals surface area contributed by atoms with Gasteiger partial charge in [0.25, 0.3) is 21.6 Å². The first kappa shape index (κ1) is 22.9. The molecule has 1 heterocycles. The summed E-state index contributed by atoms with van der Waals surface area (Å²) in [5.74, 6) is -0.393. The molecule has 4 aromatic rings. The third-order valence-corrected chi connectivity index (χ3v) is 6.93. The van der Waals surface area contributed by atoms with Crippen molar-refractivity contribution in [3.63, 3.8) is 0 Å². The molecule has 4 rings (SSSR count). The summed E-state index contributed by atoms with van der Waals surface area (Å²) >= 11 is 0. The number of nitrogens with one attached hydrogen (secondary N) is 1. The summed E-state index contributed by atoms with van der Waals surface area (Å²) in [6, 6.07) is 18.8. The molecule has 0 spiro atoms. The third-order valence-electron chi connectivity index (χ3n) is 5.26. The summed E-state index contributed by atoms with van der Waals surface area (Å²) in [6.45, 7) is 3.53. The molecule has 0 saturated carbocycles. The molecule has 0 fully saturated rings. The van der Waals surface area contributed by atoms with Crippen LogP contribution in [0.1, 0.15) is 28.4 Å². The second-order valence-corrected chi connectivity index (χ2v) is 9.44. The van der Waals surface area contributed by atoms with Crippen molar-refractivity contribution in [2.75, 3.05) is 0 Å². The maximum Gasteiger partial charge on any atom is 0.271 e. The molecule has 34 heavy (non-hydrogen) atoms. The van der Waals surface area contributed by atoms with E-state index in [1.165, 1.54) is 24.4 Å². The van der Waals surface area contributed by atoms with E-state index in [0.29, 0.717) is 27.7 Å². The number of aryl methyl sites for hydroxylation is 1. The monoisotopic (exact) mass is 476 g/mol. The number of para-hydroxylation sites is 1. The van der Waals surface area contributed by atoms with Crippen LogP contribution in [0.4, 0.5) is 5.69 Å². The molecule has 10 heteroatoms. The number of rotatable bonds is 6. The van der Waals surface area contributed by atoms with Gasteiger partial charge in [-0.1, -0.05) is 42.0 Å². The molecule has 0 unspecified atom stereocenters. The fourth-order valence-corrected chi connectivity index (χ4v) is 4.96. The first-order valence-corrected chi connectivity index (χ1v) is 11.6. The Morgan fingerprint density at radius 2 is 1.76 bits per heavy atom. The first-order chi connectivity index (χ1) is 16.2. The maximum absolute atomic E-state index is 13.4. The van der Waals surface area contributed by atoms with Crippen molar-refractivity contribution < 1.29 is 18.1 Å². The van der Waals surface area contributed by atoms with E-state index in [1.54, 1.807) is 49.4 Å². The topological polar surface area (TPSA) is 124 Å². The minimum Gasteiger partial charge on any atom is -0.267 e. The fourth-order valence-electron chi connectivity index (χ4n) is 3.55. The minimum absolute atomic E-state index is 0.212. The molecular formula is C24H20N4O5S. The van der Waals surface area contributed by atoms with Crippen LogP contribution in [0.2, 0.25) is 0 Å². The van der Waals surface area contributed by atoms with E-state index in [9.17, 15) is 23.3 Å². The number of hydrazone groups is 1. The molecule has 1 aromatic heterocycles. The maximum atomic E-state index is 13.4. The number of benzene rings is 3. The Morgan fingerprint density at radius 1 is 1.03 bits per heavy atom. The number of hydrogen-bond acceptors (Lipinski definition) is 6. The third kappa shape index (κ3) is 4.30. The van der Waals surface area contributed by atoms with Gasteiger partial charge in [0.2, 0.25) is 0 Å². The van der Waals surface area contributed by atoms with Gasteiger partial charge in [-0.05, 0) is 38.1 Å². The Hall–Kier alpha value is -4.31. The van der Waals surface area contributed by atoms with E-state index in [0.717, 1.165) is 15.6 Å². The number of nitro groups is 1. The number of carbonyl (C=O) groups excluding carboxylic acids is 1. The fraction of sp³-hybridized carbons (Fsp3) is 0.0833. The van der Waals surface area contributed by atoms with Crippen molar-refractivity contribution >= 4 is 38.2 Å². The van der Waals surface area contributed by atoms with Crippen molar-refractivity contribution in [1.82, 2.24) is 9.40 Å². The van der Waals surface area contributed by atoms with Gasteiger partial charge < -0.3 is 0 Å². The average molecular weight is 477 g/mol. The molecule has 0 bridgehead atoms. The number of carbonyl (C=O) groups is 1. The lowest BCUT2D eigenvalue weighted by molar-refractivity contribution is -0.385. The van der Waals surface area contributed by atoms with Crippen LogP contribution in [0.5, 0.6) is 0 Å². The number of nitro benzene ring substituents is 1. The first-order valence-electron chi connectivity index (χ1n) is 10.2. The van der Waals surface area contributed by atoms with E-state index < -0.39 is 20.9 Å². The Labute approximate surface area is 195 Å². The van der Waals surface area contributed by atoms with Crippen LogP contribution in [0.15, 0.2) is 89.0 Å². The Kier molecular flexibility index (Phi) is 5.99. The van der Waals surface area contributed by atoms with Gasteiger partial charge in [-0.3, -0.25) is 14.9 Å². The van der Waals surface area contributed by atoms with Gasteiger partial charge in [0, 0.05) is 34.8 Å². The summed E-state index contributed by atoms with van der Waals surface area (Å²) in [5.41, 5.74) is 4.83. The second-order valence-electron chi connectivity index (χ2n) is 7.62. The zero-order chi connectivity index (χ0) is 24.5. The van der Waals surface area contributed by atoms with E-state index in [1.807, 2.05) is 13.0 Å². The Morgan fingerprint density at radius 3 is 2.50 bits per heavy atom. The van der Waals surface area contributed by atoms with Crippen LogP contribution in [0.25, 0.3) is 10.9 Å². The molecule has 0 atom stereocenters. The summed E-state index contributed by atoms with van der Waals surface area (Å²) in [5, 5.41) is 15.9. The predicted molar refractivity (Wildman–Crippen MR) is 128 cm³/mol. The van der Waals surface area contributed by atoms with Crippen LogP contribution in [0.3, 0.4) is 0 Å². The molecule has 0 radical (unpaired) electrons. The average Bonchev–Trinajstić information content (AvgIpc) is 3.23. The Bertz CT molecular complexity index is 1570. The quantitative estimate of drug-likeness (QED) is 0.253. The van der Waals surface area contributed by atoms with Crippen molar-refractivity contribution in [2.24, 2.45) is 5.10 Å². The smallest absolute Gasteiger partial charge is 0.267 e. The van der Waals surface area contributed by atoms with Gasteiger partial charge >= 0.3 is 0 Å². The number of nitrogens with zero attached hydrogens (tertiary/aromatic N) is 3. The SMILES string of the molecule is C/C(=N\NC(=O)c1cccc(C)c1)c1cn(S(=O)(=O)c2cccc([N+](=O)[O-])c2)c2ccccc12. The molecular weight excluding hydrogens is 456 g/mol. The molecule has 0 saturated heterocycles. The number of hydrogen-bond donors (Lipinski definition) is 1. The standard InChI is InChI=1S/C24H20N4O5S/c1-16-7-5-8-18(13-16)24(29)26-25-17(2)22-15-27(23-12-4-3-11-21(22)23)34(32,33)20-10-6-9-19(14-20)28(30)31/h3-15H,1-2H3,(H,26,29)/b25-17+. The predicted octanol–water partition coefficient (Wildman–Crippen LogP) is 4.25. The molecule has 172 valence electrons. The lowest BCUT2D eigenvalue weighted by Gasteiger charge is -2.07. The van der Waals surface area contributed by atoms with Gasteiger partial charge in [-0.15, -0.1) is 0 Å². The summed E-state index contributed by atoms with van der Waals surface area (Å²) in [7, 11) is -4.14. The molecule has 9 nitrogen and oxygen atoms in total. The highest BCUT2D eigenvalue weighted by molar-refractivity contribution is 7.90. The zero-order valence-corrected chi connectivity index (χ0v) is 19.1. The van der Waals surface area contributed by atoms with Gasteiger partial charge in [0.1, 0.15) is 0 Å². The zero-order valence-electron chi connectivity index (χ0n) is 18.3. The summed E-state index contributed by atoms with van der Waals surface area (Å²) in [6.07, 6.45) is 1.40. The van der Waals surface area contributed by atoms with Crippen LogP contribution in [-0.4, -0.2) is 28.9 Å². The lowest BCUT2D eigenvalue weighted by Crippen LogP contribution is -2.19. The lowest BCUT2D eigenvalue weighted by atomic mass is 10.1. The van der Waals surface area contributed by atoms with Crippen LogP contribution >= 0.6 is 0 Å². The highest BCUT2D eigenvalue weighted by atomic mass is 32.2. The molecule has 0 aliphatic heterocycles. The van der Waals surface area contributed by atoms with E-state index in [4.69, 9.17) is 0 Å². The van der Waals surface area contributed by atoms with Crippen LogP contribution < -0.4 is 5.43 Å². The number of amides is 1. The summed E-state index contributed by atoms with van der Waals surface area (Å²) in [4.78, 5) is 22.7. The van der Waals surface area contributed by atoms with Gasteiger partial charge in [-0.2, -0.15) is 5.10 Å². The number of aromatic nitrogens is 1. The number of non-ortho nitro benzene ring substituents is 1. The normalized spacial score (nSPS) is 12.0. The largest absolute Gasteiger partial charge is 0.271 e. The Balaban J connectivity index is 1.75. The molecule has 0 aliphatic rings. The van der Waals surface area contributed by atoms with E-state index in [-0.39, 0.29) is 10.6 Å². The minimum atomic E-state index is -4.14. The van der Waals surface area contributed by atoms with Crippen molar-refractivity contribution in [1.29, 1.82) is 0 Å². The van der Waals surface area contributed by atoms with Gasteiger partial charge in [-0.25, -0.2) is 17.8 Å². The molecule has 0 aliphatic carbocycles. The van der Waals surface area contributed by atoms with E-state index >= 15 is 0 Å². The van der Waals surface area contributed by atoms with Gasteiger partial charge in [0.05, 0.1) is 21.0 Å². The second kappa shape index (κ2) is 8.91. The van der Waals surface area contributed by atoms with Crippen LogP contribution in [-0.2, 0) is 10.0 Å². The van der Waals surface area contributed by atoms with Crippen LogP contribution in [0, 0.1) is 17.0 Å². The molecule has 3 aromatic carbocycles. The number of fused-ring (bicyclic) bond motifs is 1. The molecule has 1 amide bonds. The summed E-state index contributed by atoms with van der Waals surface area (Å²) < 4.78 is 27.8. The van der Waals surface area contributed by atoms with Crippen molar-refractivity contribution in [2.45, 2.75) is 18.7 Å². The highest BCUT2D eigenvalue weighted by Crippen LogP contribution is 2.28.